The van der Waals surface area contributed by atoms with E-state index in [0.717, 1.165) is 11.9 Å². The van der Waals surface area contributed by atoms with Crippen molar-refractivity contribution in [3.05, 3.63) is 29.3 Å². The Balaban J connectivity index is 2.36. The first-order valence-electron chi connectivity index (χ1n) is 4.61. The summed E-state index contributed by atoms with van der Waals surface area (Å²) < 4.78 is 1.29. The highest BCUT2D eigenvalue weighted by molar-refractivity contribution is 7.81. The van der Waals surface area contributed by atoms with Gasteiger partial charge in [0.2, 0.25) is 0 Å². The molecule has 0 unspecified atom stereocenters. The molecular formula is C11H13NS2. The van der Waals surface area contributed by atoms with Crippen LogP contribution >= 0.6 is 24.0 Å². The summed E-state index contributed by atoms with van der Waals surface area (Å²) in [6.07, 6.45) is 0.926. The number of thiol groups is 1. The van der Waals surface area contributed by atoms with Crippen LogP contribution < -0.4 is 0 Å². The number of benzene rings is 1. The van der Waals surface area contributed by atoms with Gasteiger partial charge < -0.3 is 0 Å². The fourth-order valence-corrected chi connectivity index (χ4v) is 2.82. The van der Waals surface area contributed by atoms with Crippen LogP contribution in [0, 0.1) is 0 Å². The molecule has 0 aliphatic carbocycles. The number of para-hydroxylation sites is 1. The van der Waals surface area contributed by atoms with Gasteiger partial charge in [-0.2, -0.15) is 12.6 Å². The summed E-state index contributed by atoms with van der Waals surface area (Å²) in [4.78, 5) is 4.57. The van der Waals surface area contributed by atoms with Crippen molar-refractivity contribution in [1.82, 2.24) is 4.98 Å². The molecule has 0 aliphatic rings. The Labute approximate surface area is 93.6 Å². The SMILES string of the molecule is CC(C)(S)Cc1nc2ccccc2s1. The monoisotopic (exact) mass is 223 g/mol. The van der Waals surface area contributed by atoms with Gasteiger partial charge in [0.15, 0.2) is 0 Å². The molecule has 74 valence electrons. The Hall–Kier alpha value is -0.540. The molecule has 0 amide bonds. The van der Waals surface area contributed by atoms with E-state index in [1.807, 2.05) is 6.07 Å². The fourth-order valence-electron chi connectivity index (χ4n) is 1.37. The van der Waals surface area contributed by atoms with E-state index in [0.29, 0.717) is 0 Å². The van der Waals surface area contributed by atoms with Crippen molar-refractivity contribution in [3.63, 3.8) is 0 Å². The largest absolute Gasteiger partial charge is 0.241 e. The van der Waals surface area contributed by atoms with Crippen molar-refractivity contribution in [2.75, 3.05) is 0 Å². The molecule has 1 aromatic carbocycles. The van der Waals surface area contributed by atoms with Crippen molar-refractivity contribution < 1.29 is 0 Å². The molecule has 0 aliphatic heterocycles. The van der Waals surface area contributed by atoms with Gasteiger partial charge in [0.1, 0.15) is 0 Å². The van der Waals surface area contributed by atoms with E-state index in [2.05, 4.69) is 49.7 Å². The van der Waals surface area contributed by atoms with Crippen molar-refractivity contribution in [2.24, 2.45) is 0 Å². The van der Waals surface area contributed by atoms with Gasteiger partial charge in [-0.15, -0.1) is 11.3 Å². The van der Waals surface area contributed by atoms with E-state index in [1.165, 1.54) is 9.71 Å². The summed E-state index contributed by atoms with van der Waals surface area (Å²) in [5.41, 5.74) is 1.10. The molecule has 0 radical (unpaired) electrons. The van der Waals surface area contributed by atoms with Crippen LogP contribution in [0.1, 0.15) is 18.9 Å². The first kappa shape index (κ1) is 9.99. The van der Waals surface area contributed by atoms with Gasteiger partial charge in [0.05, 0.1) is 15.2 Å². The number of rotatable bonds is 2. The lowest BCUT2D eigenvalue weighted by Gasteiger charge is -2.14. The topological polar surface area (TPSA) is 12.9 Å². The molecule has 0 saturated heterocycles. The molecule has 0 N–H and O–H groups in total. The summed E-state index contributed by atoms with van der Waals surface area (Å²) in [6.45, 7) is 4.23. The summed E-state index contributed by atoms with van der Waals surface area (Å²) in [7, 11) is 0. The minimum absolute atomic E-state index is 0.0217. The van der Waals surface area contributed by atoms with Crippen LogP contribution in [-0.2, 0) is 6.42 Å². The summed E-state index contributed by atoms with van der Waals surface area (Å²) in [6, 6.07) is 8.25. The molecule has 14 heavy (non-hydrogen) atoms. The maximum absolute atomic E-state index is 4.57. The van der Waals surface area contributed by atoms with E-state index in [9.17, 15) is 0 Å². The lowest BCUT2D eigenvalue weighted by Crippen LogP contribution is -2.13. The summed E-state index contributed by atoms with van der Waals surface area (Å²) >= 11 is 6.28. The number of nitrogens with zero attached hydrogens (tertiary/aromatic N) is 1. The molecule has 0 fully saturated rings. The third kappa shape index (κ3) is 2.28. The maximum atomic E-state index is 4.57. The highest BCUT2D eigenvalue weighted by atomic mass is 32.1. The van der Waals surface area contributed by atoms with Gasteiger partial charge in [-0.25, -0.2) is 4.98 Å². The second-order valence-electron chi connectivity index (χ2n) is 4.06. The second-order valence-corrected chi connectivity index (χ2v) is 6.39. The Bertz CT molecular complexity index is 407. The van der Waals surface area contributed by atoms with Crippen LogP contribution in [-0.4, -0.2) is 9.73 Å². The standard InChI is InChI=1S/C11H13NS2/c1-11(2,13)7-10-12-8-5-3-4-6-9(8)14-10/h3-6,13H,7H2,1-2H3. The zero-order valence-electron chi connectivity index (χ0n) is 8.32. The molecule has 2 aromatic rings. The van der Waals surface area contributed by atoms with Crippen molar-refractivity contribution in [3.8, 4) is 0 Å². The maximum Gasteiger partial charge on any atom is 0.0952 e. The third-order valence-corrected chi connectivity index (χ3v) is 3.12. The average molecular weight is 223 g/mol. The van der Waals surface area contributed by atoms with Crippen molar-refractivity contribution in [1.29, 1.82) is 0 Å². The summed E-state index contributed by atoms with van der Waals surface area (Å²) in [5.74, 6) is 0. The lowest BCUT2D eigenvalue weighted by molar-refractivity contribution is 0.712. The van der Waals surface area contributed by atoms with E-state index in [1.54, 1.807) is 11.3 Å². The average Bonchev–Trinajstić information content (AvgIpc) is 2.42. The van der Waals surface area contributed by atoms with E-state index >= 15 is 0 Å². The van der Waals surface area contributed by atoms with Crippen molar-refractivity contribution >= 4 is 34.2 Å². The molecule has 0 spiro atoms. The Morgan fingerprint density at radius 1 is 1.36 bits per heavy atom. The van der Waals surface area contributed by atoms with E-state index in [4.69, 9.17) is 0 Å². The number of fused-ring (bicyclic) bond motifs is 1. The smallest absolute Gasteiger partial charge is 0.0952 e. The molecule has 1 nitrogen and oxygen atoms in total. The fraction of sp³-hybridized carbons (Fsp3) is 0.364. The predicted octanol–water partition coefficient (Wildman–Crippen LogP) is 3.55. The second kappa shape index (κ2) is 3.55. The minimum Gasteiger partial charge on any atom is -0.241 e. The zero-order valence-corrected chi connectivity index (χ0v) is 10.0. The Morgan fingerprint density at radius 3 is 2.71 bits per heavy atom. The van der Waals surface area contributed by atoms with Gasteiger partial charge in [0.25, 0.3) is 0 Å². The number of thiazole rings is 1. The molecule has 1 aromatic heterocycles. The Morgan fingerprint density at radius 2 is 2.07 bits per heavy atom. The van der Waals surface area contributed by atoms with Gasteiger partial charge in [-0.05, 0) is 12.1 Å². The molecule has 0 atom stereocenters. The van der Waals surface area contributed by atoms with Crippen LogP contribution in [0.3, 0.4) is 0 Å². The quantitative estimate of drug-likeness (QED) is 0.768. The third-order valence-electron chi connectivity index (χ3n) is 1.92. The number of hydrogen-bond acceptors (Lipinski definition) is 3. The molecular weight excluding hydrogens is 210 g/mol. The molecule has 0 saturated carbocycles. The number of aromatic nitrogens is 1. The lowest BCUT2D eigenvalue weighted by atomic mass is 10.1. The highest BCUT2D eigenvalue weighted by Crippen LogP contribution is 2.26. The molecule has 1 heterocycles. The first-order chi connectivity index (χ1) is 6.54. The van der Waals surface area contributed by atoms with Crippen LogP contribution in [0.15, 0.2) is 24.3 Å². The van der Waals surface area contributed by atoms with E-state index < -0.39 is 0 Å². The van der Waals surface area contributed by atoms with Crippen LogP contribution in [0.4, 0.5) is 0 Å². The van der Waals surface area contributed by atoms with Gasteiger partial charge in [-0.1, -0.05) is 26.0 Å². The highest BCUT2D eigenvalue weighted by Gasteiger charge is 2.15. The van der Waals surface area contributed by atoms with Crippen LogP contribution in [0.2, 0.25) is 0 Å². The minimum atomic E-state index is 0.0217. The zero-order chi connectivity index (χ0) is 10.2. The van der Waals surface area contributed by atoms with Crippen LogP contribution in [0.25, 0.3) is 10.2 Å². The van der Waals surface area contributed by atoms with Gasteiger partial charge in [-0.3, -0.25) is 0 Å². The van der Waals surface area contributed by atoms with Gasteiger partial charge >= 0.3 is 0 Å². The first-order valence-corrected chi connectivity index (χ1v) is 5.88. The Kier molecular flexibility index (Phi) is 2.54. The van der Waals surface area contributed by atoms with Crippen molar-refractivity contribution in [2.45, 2.75) is 25.0 Å². The predicted molar refractivity (Wildman–Crippen MR) is 66.4 cm³/mol. The molecule has 3 heteroatoms. The molecule has 0 bridgehead atoms. The normalized spacial score (nSPS) is 12.2. The van der Waals surface area contributed by atoms with Gasteiger partial charge in [0, 0.05) is 11.2 Å². The van der Waals surface area contributed by atoms with E-state index in [-0.39, 0.29) is 4.75 Å². The summed E-state index contributed by atoms with van der Waals surface area (Å²) in [5, 5.41) is 1.17. The van der Waals surface area contributed by atoms with Crippen LogP contribution in [0.5, 0.6) is 0 Å². The molecule has 2 rings (SSSR count). The number of hydrogen-bond donors (Lipinski definition) is 1.